The molecule has 7 fully saturated rings. The molecule has 7 aliphatic rings. The van der Waals surface area contributed by atoms with E-state index in [1.165, 1.54) is 13.5 Å². The predicted octanol–water partition coefficient (Wildman–Crippen LogP) is 3.61. The lowest BCUT2D eigenvalue weighted by molar-refractivity contribution is -0.148. The van der Waals surface area contributed by atoms with E-state index in [1.54, 1.807) is 41.3 Å². The fourth-order valence-electron chi connectivity index (χ4n) is 12.6. The second-order valence-corrected chi connectivity index (χ2v) is 25.0. The maximum Gasteiger partial charge on any atom is 0.244 e. The Morgan fingerprint density at radius 3 is 1.89 bits per heavy atom. The summed E-state index contributed by atoms with van der Waals surface area (Å²) in [6, 6.07) is 24.2. The van der Waals surface area contributed by atoms with Crippen LogP contribution < -0.4 is 9.80 Å². The molecule has 13 rings (SSSR count). The summed E-state index contributed by atoms with van der Waals surface area (Å²) in [4.78, 5) is 42.8. The van der Waals surface area contributed by atoms with Crippen LogP contribution in [0.5, 0.6) is 0 Å². The number of aromatic amines is 2. The summed E-state index contributed by atoms with van der Waals surface area (Å²) in [5, 5.41) is 32.8. The molecule has 0 aliphatic carbocycles. The first kappa shape index (κ1) is 48.7. The van der Waals surface area contributed by atoms with Gasteiger partial charge in [-0.15, -0.1) is 0 Å². The van der Waals surface area contributed by atoms with Gasteiger partial charge in [-0.25, -0.2) is 16.8 Å². The molecule has 6 aromatic rings. The van der Waals surface area contributed by atoms with Crippen LogP contribution in [0.4, 0.5) is 11.4 Å². The zero-order valence-electron chi connectivity index (χ0n) is 41.2. The number of hydrogen-bond donors (Lipinski definition) is 5. The molecule has 19 nitrogen and oxygen atoms in total. The van der Waals surface area contributed by atoms with Crippen LogP contribution in [-0.2, 0) is 39.1 Å². The number of nitrogens with one attached hydrogen (secondary N) is 2. The number of rotatable bonds is 12. The van der Waals surface area contributed by atoms with Gasteiger partial charge in [0.2, 0.25) is 31.9 Å². The number of anilines is 2. The van der Waals surface area contributed by atoms with Crippen molar-refractivity contribution in [2.45, 2.75) is 90.4 Å². The van der Waals surface area contributed by atoms with E-state index in [9.17, 15) is 33.3 Å². The number of carbonyl (C=O) groups excluding carboxylic acids is 2. The largest absolute Gasteiger partial charge is 0.394 e. The summed E-state index contributed by atoms with van der Waals surface area (Å²) in [5.41, 5.74) is 6.36. The Balaban J connectivity index is 0.853. The lowest BCUT2D eigenvalue weighted by Gasteiger charge is -2.48. The fourth-order valence-corrected chi connectivity index (χ4v) is 16.1. The number of H-pyrrole nitrogens is 2. The van der Waals surface area contributed by atoms with Crippen LogP contribution in [0.2, 0.25) is 0 Å². The average molecular weight is 1060 g/mol. The SMILES string of the molecule is O=C([C@@H]1CCN1S(=O)(=O)c1ccc(N2CC[C@H](O)C2)c(-c2cc3cc(C4C[C@@H](C(=O)N5C[C@@H]6C[C@H]5CO6)N4S(=O)(=O)c4ccc(N5CC[C@H](O)C5)c(-c5cc6ccccc6[nH]5)c4)ccc3[nH]2)c1)N1CCOC[C@H]1CO. The maximum absolute atomic E-state index is 15.5. The third-order valence-corrected chi connectivity index (χ3v) is 20.6. The standard InChI is InChI=1S/C54H60N8O11S2/c63-29-36-30-72-18-17-59(36)53(66)50-13-16-61(50)74(68,69)40-6-9-48(57-14-11-37(64)26-57)42(23-40)47-21-34-19-33(5-8-45(34)56-47)51-25-52(54(67)60-28-39-22-35(60)31-73-39)62(51)75(70,71)41-7-10-49(58-15-12-38(65)27-58)43(24-41)46-20-32-3-1-2-4-44(32)55-46/h1-10,19-21,23-24,35-39,50-52,55-56,63-65H,11-18,22,25-31H2/t35-,36+,37-,38-,39-,50-,51?,52-/m0/s1. The Hall–Kier alpha value is -5.88. The Morgan fingerprint density at radius 1 is 0.640 bits per heavy atom. The van der Waals surface area contributed by atoms with Crippen molar-refractivity contribution in [1.29, 1.82) is 0 Å². The molecule has 394 valence electrons. The molecule has 4 aromatic carbocycles. The molecule has 7 aliphatic heterocycles. The normalized spacial score (nSPS) is 27.5. The molecule has 2 bridgehead atoms. The van der Waals surface area contributed by atoms with Crippen molar-refractivity contribution in [3.05, 3.63) is 96.6 Å². The van der Waals surface area contributed by atoms with Crippen molar-refractivity contribution in [2.75, 3.05) is 82.0 Å². The third-order valence-electron chi connectivity index (χ3n) is 16.8. The van der Waals surface area contributed by atoms with E-state index in [0.717, 1.165) is 34.1 Å². The molecule has 1 unspecified atom stereocenters. The van der Waals surface area contributed by atoms with E-state index in [0.29, 0.717) is 98.8 Å². The van der Waals surface area contributed by atoms with Gasteiger partial charge in [0, 0.05) is 102 Å². The number of hydrogen-bond acceptors (Lipinski definition) is 13. The van der Waals surface area contributed by atoms with E-state index < -0.39 is 56.4 Å². The Morgan fingerprint density at radius 2 is 1.29 bits per heavy atom. The number of para-hydroxylation sites is 1. The number of sulfonamides is 2. The lowest BCUT2D eigenvalue weighted by atomic mass is 9.89. The van der Waals surface area contributed by atoms with Crippen molar-refractivity contribution >= 4 is 65.0 Å². The van der Waals surface area contributed by atoms with Crippen molar-refractivity contribution in [2.24, 2.45) is 0 Å². The van der Waals surface area contributed by atoms with Gasteiger partial charge in [-0.3, -0.25) is 9.59 Å². The Labute approximate surface area is 434 Å². The highest BCUT2D eigenvalue weighted by atomic mass is 32.2. The van der Waals surface area contributed by atoms with Crippen molar-refractivity contribution in [1.82, 2.24) is 28.4 Å². The van der Waals surface area contributed by atoms with E-state index in [2.05, 4.69) is 14.9 Å². The zero-order valence-corrected chi connectivity index (χ0v) is 42.8. The second-order valence-electron chi connectivity index (χ2n) is 21.2. The third kappa shape index (κ3) is 8.33. The van der Waals surface area contributed by atoms with E-state index >= 15 is 8.42 Å². The van der Waals surface area contributed by atoms with Crippen molar-refractivity contribution in [3.63, 3.8) is 0 Å². The number of amides is 2. The first-order valence-electron chi connectivity index (χ1n) is 26.1. The van der Waals surface area contributed by atoms with Crippen LogP contribution in [0.3, 0.4) is 0 Å². The summed E-state index contributed by atoms with van der Waals surface area (Å²) < 4.78 is 73.9. The summed E-state index contributed by atoms with van der Waals surface area (Å²) in [6.45, 7) is 3.33. The number of carbonyl (C=O) groups is 2. The monoisotopic (exact) mass is 1060 g/mol. The molecule has 0 spiro atoms. The minimum Gasteiger partial charge on any atom is -0.394 e. The van der Waals surface area contributed by atoms with Gasteiger partial charge in [0.05, 0.1) is 72.7 Å². The molecule has 7 saturated heterocycles. The smallest absolute Gasteiger partial charge is 0.244 e. The number of likely N-dealkylation sites (tertiary alicyclic amines) is 1. The fraction of sp³-hybridized carbons (Fsp3) is 0.444. The summed E-state index contributed by atoms with van der Waals surface area (Å²) in [7, 11) is -8.55. The minimum absolute atomic E-state index is 0.00101. The number of ether oxygens (including phenoxy) is 2. The predicted molar refractivity (Wildman–Crippen MR) is 279 cm³/mol. The van der Waals surface area contributed by atoms with E-state index in [1.807, 2.05) is 59.5 Å². The summed E-state index contributed by atoms with van der Waals surface area (Å²) in [6.07, 6.45) is 1.30. The maximum atomic E-state index is 15.5. The first-order valence-corrected chi connectivity index (χ1v) is 28.9. The van der Waals surface area contributed by atoms with Gasteiger partial charge >= 0.3 is 0 Å². The zero-order chi connectivity index (χ0) is 51.5. The molecule has 2 aromatic heterocycles. The topological polar surface area (TPSA) is 233 Å². The Kier molecular flexibility index (Phi) is 12.2. The number of morpholine rings is 2. The van der Waals surface area contributed by atoms with Gasteiger partial charge < -0.3 is 54.4 Å². The van der Waals surface area contributed by atoms with Gasteiger partial charge in [-0.05, 0) is 104 Å². The minimum atomic E-state index is -4.36. The highest BCUT2D eigenvalue weighted by Gasteiger charge is 2.55. The van der Waals surface area contributed by atoms with E-state index in [4.69, 9.17) is 9.47 Å². The lowest BCUT2D eigenvalue weighted by Crippen LogP contribution is -2.62. The van der Waals surface area contributed by atoms with Crippen molar-refractivity contribution in [3.8, 4) is 22.5 Å². The molecule has 75 heavy (non-hydrogen) atoms. The number of benzene rings is 4. The van der Waals surface area contributed by atoms with Crippen LogP contribution >= 0.6 is 0 Å². The highest BCUT2D eigenvalue weighted by molar-refractivity contribution is 7.89. The quantitative estimate of drug-likeness (QED) is 0.118. The second kappa shape index (κ2) is 18.7. The number of nitrogens with zero attached hydrogens (tertiary/aromatic N) is 6. The Bertz CT molecular complexity index is 3440. The van der Waals surface area contributed by atoms with Gasteiger partial charge in [0.25, 0.3) is 0 Å². The number of aliphatic hydroxyl groups excluding tert-OH is 3. The van der Waals surface area contributed by atoms with E-state index in [-0.39, 0.29) is 66.5 Å². The number of aromatic nitrogens is 2. The molecule has 0 saturated carbocycles. The molecule has 8 atom stereocenters. The average Bonchev–Trinajstić information content (AvgIpc) is 4.30. The molecule has 9 heterocycles. The van der Waals surface area contributed by atoms with Crippen LogP contribution in [0.1, 0.15) is 43.7 Å². The number of aliphatic hydroxyl groups is 3. The number of fused-ring (bicyclic) bond motifs is 4. The van der Waals surface area contributed by atoms with Crippen LogP contribution in [-0.4, -0.2) is 187 Å². The van der Waals surface area contributed by atoms with Gasteiger partial charge in [0.15, 0.2) is 0 Å². The summed E-state index contributed by atoms with van der Waals surface area (Å²) >= 11 is 0. The molecular weight excluding hydrogens is 1000 g/mol. The van der Waals surface area contributed by atoms with Crippen LogP contribution in [0, 0.1) is 0 Å². The first-order chi connectivity index (χ1) is 36.2. The highest BCUT2D eigenvalue weighted by Crippen LogP contribution is 2.48. The molecule has 21 heteroatoms. The van der Waals surface area contributed by atoms with Gasteiger partial charge in [-0.1, -0.05) is 24.3 Å². The van der Waals surface area contributed by atoms with Crippen LogP contribution in [0.25, 0.3) is 44.3 Å². The molecule has 0 radical (unpaired) electrons. The molecule has 5 N–H and O–H groups in total. The number of β-amino-alcohol motifs (C(OH)–C–C–N with tert-alkyl or cyclic N) is 2. The van der Waals surface area contributed by atoms with Gasteiger partial charge in [-0.2, -0.15) is 8.61 Å². The molecular formula is C54H60N8O11S2. The summed E-state index contributed by atoms with van der Waals surface area (Å²) in [5.74, 6) is -0.604. The van der Waals surface area contributed by atoms with Crippen molar-refractivity contribution < 1.29 is 51.2 Å². The molecule has 2 amide bonds. The van der Waals surface area contributed by atoms with Gasteiger partial charge in [0.1, 0.15) is 12.1 Å². The van der Waals surface area contributed by atoms with Crippen LogP contribution in [0.15, 0.2) is 101 Å².